The van der Waals surface area contributed by atoms with Crippen LogP contribution in [0.25, 0.3) is 10.2 Å². The van der Waals surface area contributed by atoms with E-state index in [1.54, 1.807) is 31.2 Å². The Hall–Kier alpha value is -2.28. The lowest BCUT2D eigenvalue weighted by Gasteiger charge is -2.27. The number of benzene rings is 2. The first-order valence-corrected chi connectivity index (χ1v) is 15.2. The zero-order valence-electron chi connectivity index (χ0n) is 22.7. The number of morpholine rings is 1. The van der Waals surface area contributed by atoms with Gasteiger partial charge in [-0.05, 0) is 49.2 Å². The fourth-order valence-electron chi connectivity index (χ4n) is 4.30. The van der Waals surface area contributed by atoms with Gasteiger partial charge in [-0.3, -0.25) is 14.6 Å². The second-order valence-electron chi connectivity index (χ2n) is 9.30. The van der Waals surface area contributed by atoms with Crippen LogP contribution in [0.15, 0.2) is 47.4 Å². The Morgan fingerprint density at radius 1 is 1.10 bits per heavy atom. The van der Waals surface area contributed by atoms with E-state index in [1.165, 1.54) is 27.8 Å². The van der Waals surface area contributed by atoms with Crippen molar-refractivity contribution in [1.29, 1.82) is 0 Å². The van der Waals surface area contributed by atoms with Gasteiger partial charge in [0, 0.05) is 51.4 Å². The number of anilines is 1. The summed E-state index contributed by atoms with van der Waals surface area (Å²) in [6, 6.07) is 11.9. The first-order valence-electron chi connectivity index (χ1n) is 13.0. The summed E-state index contributed by atoms with van der Waals surface area (Å²) in [6.45, 7) is 7.06. The van der Waals surface area contributed by atoms with Crippen molar-refractivity contribution < 1.29 is 22.7 Å². The molecule has 0 spiro atoms. The molecular weight excluding hydrogens is 560 g/mol. The van der Waals surface area contributed by atoms with Crippen molar-refractivity contribution in [2.45, 2.75) is 31.1 Å². The maximum absolute atomic E-state index is 13.7. The maximum Gasteiger partial charge on any atom is 0.260 e. The lowest BCUT2D eigenvalue weighted by molar-refractivity contribution is 0.0376. The van der Waals surface area contributed by atoms with Gasteiger partial charge in [0.25, 0.3) is 5.91 Å². The molecule has 2 aromatic carbocycles. The van der Waals surface area contributed by atoms with Crippen molar-refractivity contribution in [3.63, 3.8) is 0 Å². The number of carbonyl (C=O) groups excluding carboxylic acids is 1. The number of sulfonamides is 1. The summed E-state index contributed by atoms with van der Waals surface area (Å²) in [7, 11) is -0.408. The number of nitrogens with zero attached hydrogens (tertiary/aromatic N) is 4. The Balaban J connectivity index is 0.00000420. The van der Waals surface area contributed by atoms with Gasteiger partial charge < -0.3 is 9.47 Å². The second-order valence-corrected chi connectivity index (χ2v) is 12.4. The molecule has 12 heteroatoms. The first kappa shape index (κ1) is 31.3. The van der Waals surface area contributed by atoms with E-state index >= 15 is 0 Å². The minimum atomic E-state index is -3.61. The number of rotatable bonds is 12. The van der Waals surface area contributed by atoms with Crippen molar-refractivity contribution in [2.24, 2.45) is 0 Å². The van der Waals surface area contributed by atoms with Crippen molar-refractivity contribution in [1.82, 2.24) is 14.2 Å². The van der Waals surface area contributed by atoms with Gasteiger partial charge in [0.05, 0.1) is 35.4 Å². The normalized spacial score (nSPS) is 14.4. The highest BCUT2D eigenvalue weighted by atomic mass is 35.5. The van der Waals surface area contributed by atoms with Crippen LogP contribution in [0.2, 0.25) is 0 Å². The SMILES string of the molecule is CCCCN(C)S(=O)(=O)c1ccc(C(=O)N(CCCN2CCOCC2)c2nc3cc(OC)ccc3s2)cc1.Cl. The van der Waals surface area contributed by atoms with Gasteiger partial charge in [0.15, 0.2) is 5.13 Å². The number of fused-ring (bicyclic) bond motifs is 1. The predicted molar refractivity (Wildman–Crippen MR) is 158 cm³/mol. The number of aromatic nitrogens is 1. The van der Waals surface area contributed by atoms with Crippen molar-refractivity contribution in [2.75, 3.05) is 65.0 Å². The molecule has 0 aliphatic carbocycles. The first-order chi connectivity index (χ1) is 18.3. The quantitative estimate of drug-likeness (QED) is 0.304. The van der Waals surface area contributed by atoms with E-state index in [0.29, 0.717) is 29.5 Å². The summed E-state index contributed by atoms with van der Waals surface area (Å²) in [4.78, 5) is 22.7. The van der Waals surface area contributed by atoms with Gasteiger partial charge in [-0.25, -0.2) is 17.7 Å². The Morgan fingerprint density at radius 3 is 2.49 bits per heavy atom. The minimum absolute atomic E-state index is 0. The third-order valence-electron chi connectivity index (χ3n) is 6.66. The molecule has 39 heavy (non-hydrogen) atoms. The van der Waals surface area contributed by atoms with E-state index in [9.17, 15) is 13.2 Å². The van der Waals surface area contributed by atoms with Gasteiger partial charge in [0.2, 0.25) is 10.0 Å². The smallest absolute Gasteiger partial charge is 0.260 e. The van der Waals surface area contributed by atoms with Crippen molar-refractivity contribution >= 4 is 55.0 Å². The number of halogens is 1. The van der Waals surface area contributed by atoms with Crippen LogP contribution >= 0.6 is 23.7 Å². The number of methoxy groups -OCH3 is 1. The molecule has 1 saturated heterocycles. The lowest BCUT2D eigenvalue weighted by atomic mass is 10.2. The lowest BCUT2D eigenvalue weighted by Crippen LogP contribution is -2.39. The molecule has 1 aromatic heterocycles. The third-order valence-corrected chi connectivity index (χ3v) is 9.59. The molecule has 1 aliphatic heterocycles. The Kier molecular flexibility index (Phi) is 11.5. The number of amides is 1. The van der Waals surface area contributed by atoms with E-state index in [2.05, 4.69) is 4.90 Å². The molecule has 1 aliphatic rings. The van der Waals surface area contributed by atoms with Crippen LogP contribution in [0.3, 0.4) is 0 Å². The fraction of sp³-hybridized carbons (Fsp3) is 0.481. The van der Waals surface area contributed by atoms with Crippen LogP contribution in [0, 0.1) is 0 Å². The summed E-state index contributed by atoms with van der Waals surface area (Å²) in [5.41, 5.74) is 1.19. The van der Waals surface area contributed by atoms with E-state index in [0.717, 1.165) is 62.3 Å². The van der Waals surface area contributed by atoms with Crippen LogP contribution in [-0.2, 0) is 14.8 Å². The maximum atomic E-state index is 13.7. The zero-order valence-corrected chi connectivity index (χ0v) is 25.1. The highest BCUT2D eigenvalue weighted by molar-refractivity contribution is 7.89. The molecule has 0 radical (unpaired) electrons. The molecule has 0 atom stereocenters. The summed E-state index contributed by atoms with van der Waals surface area (Å²) in [6.07, 6.45) is 2.48. The minimum Gasteiger partial charge on any atom is -0.497 e. The van der Waals surface area contributed by atoms with Crippen LogP contribution in [0.1, 0.15) is 36.5 Å². The fourth-order valence-corrected chi connectivity index (χ4v) is 6.48. The summed E-state index contributed by atoms with van der Waals surface area (Å²) < 4.78 is 38.9. The molecule has 4 rings (SSSR count). The molecular formula is C27H37ClN4O5S2. The summed E-state index contributed by atoms with van der Waals surface area (Å²) in [5.74, 6) is 0.501. The Morgan fingerprint density at radius 2 is 1.82 bits per heavy atom. The van der Waals surface area contributed by atoms with Gasteiger partial charge in [-0.15, -0.1) is 12.4 Å². The molecule has 1 amide bonds. The van der Waals surface area contributed by atoms with Crippen LogP contribution in [0.5, 0.6) is 5.75 Å². The number of carbonyl (C=O) groups is 1. The predicted octanol–water partition coefficient (Wildman–Crippen LogP) is 4.52. The van der Waals surface area contributed by atoms with Crippen molar-refractivity contribution in [3.8, 4) is 5.75 Å². The van der Waals surface area contributed by atoms with Gasteiger partial charge in [-0.2, -0.15) is 0 Å². The molecule has 0 saturated carbocycles. The van der Waals surface area contributed by atoms with Gasteiger partial charge in [-0.1, -0.05) is 24.7 Å². The van der Waals surface area contributed by atoms with E-state index in [4.69, 9.17) is 14.5 Å². The standard InChI is InChI=1S/C27H36N4O5S2.ClH/c1-4-5-13-29(2)38(33,34)23-10-7-21(8-11-23)26(32)31(15-6-14-30-16-18-36-19-17-30)27-28-24-20-22(35-3)9-12-25(24)37-27;/h7-12,20H,4-6,13-19H2,1-3H3;1H. The monoisotopic (exact) mass is 596 g/mol. The number of ether oxygens (including phenoxy) is 2. The average molecular weight is 597 g/mol. The van der Waals surface area contributed by atoms with Gasteiger partial charge in [0.1, 0.15) is 5.75 Å². The van der Waals surface area contributed by atoms with Crippen molar-refractivity contribution in [3.05, 3.63) is 48.0 Å². The number of thiazole rings is 1. The largest absolute Gasteiger partial charge is 0.497 e. The Labute approximate surface area is 241 Å². The molecule has 0 unspecified atom stereocenters. The second kappa shape index (κ2) is 14.4. The summed E-state index contributed by atoms with van der Waals surface area (Å²) >= 11 is 1.45. The highest BCUT2D eigenvalue weighted by Crippen LogP contribution is 2.32. The molecule has 9 nitrogen and oxygen atoms in total. The number of unbranched alkanes of at least 4 members (excludes halogenated alkanes) is 1. The van der Waals surface area contributed by atoms with E-state index < -0.39 is 10.0 Å². The van der Waals surface area contributed by atoms with E-state index in [1.807, 2.05) is 25.1 Å². The number of hydrogen-bond acceptors (Lipinski definition) is 8. The highest BCUT2D eigenvalue weighted by Gasteiger charge is 2.24. The zero-order chi connectivity index (χ0) is 27.1. The van der Waals surface area contributed by atoms with Crippen LogP contribution < -0.4 is 9.64 Å². The van der Waals surface area contributed by atoms with Crippen LogP contribution in [0.4, 0.5) is 5.13 Å². The average Bonchev–Trinajstić information content (AvgIpc) is 3.37. The Bertz CT molecular complexity index is 1330. The molecule has 2 heterocycles. The molecule has 0 bridgehead atoms. The van der Waals surface area contributed by atoms with Gasteiger partial charge >= 0.3 is 0 Å². The molecule has 1 fully saturated rings. The van der Waals surface area contributed by atoms with E-state index in [-0.39, 0.29) is 23.2 Å². The summed E-state index contributed by atoms with van der Waals surface area (Å²) in [5, 5.41) is 0.608. The topological polar surface area (TPSA) is 92.3 Å². The number of hydrogen-bond donors (Lipinski definition) is 0. The molecule has 3 aromatic rings. The van der Waals surface area contributed by atoms with Crippen LogP contribution in [-0.4, -0.2) is 88.6 Å². The molecule has 214 valence electrons. The third kappa shape index (κ3) is 7.68. The molecule has 0 N–H and O–H groups in total.